The fourth-order valence-electron chi connectivity index (χ4n) is 1.56. The topological polar surface area (TPSA) is 49.3 Å². The van der Waals surface area contributed by atoms with Gasteiger partial charge in [-0.3, -0.25) is 5.32 Å². The Morgan fingerprint density at radius 1 is 1.50 bits per heavy atom. The second-order valence-corrected chi connectivity index (χ2v) is 3.78. The van der Waals surface area contributed by atoms with Gasteiger partial charge < -0.3 is 5.11 Å². The molecule has 3 heteroatoms. The summed E-state index contributed by atoms with van der Waals surface area (Å²) in [6.07, 6.45) is 1.46. The monoisotopic (exact) mass is 191 g/mol. The van der Waals surface area contributed by atoms with E-state index in [0.29, 0.717) is 11.6 Å². The van der Waals surface area contributed by atoms with Gasteiger partial charge in [-0.2, -0.15) is 0 Å². The first kappa shape index (κ1) is 9.06. The van der Waals surface area contributed by atoms with Crippen molar-refractivity contribution in [1.82, 2.24) is 0 Å². The number of amides is 1. The van der Waals surface area contributed by atoms with E-state index < -0.39 is 6.09 Å². The molecule has 2 N–H and O–H groups in total. The van der Waals surface area contributed by atoms with Crippen molar-refractivity contribution >= 4 is 11.8 Å². The van der Waals surface area contributed by atoms with Crippen LogP contribution in [0.2, 0.25) is 0 Å². The maximum Gasteiger partial charge on any atom is 0.409 e. The molecule has 14 heavy (non-hydrogen) atoms. The van der Waals surface area contributed by atoms with E-state index in [1.807, 2.05) is 19.1 Å². The van der Waals surface area contributed by atoms with Crippen LogP contribution in [-0.4, -0.2) is 11.2 Å². The van der Waals surface area contributed by atoms with E-state index in [0.717, 1.165) is 5.56 Å². The smallest absolute Gasteiger partial charge is 0.409 e. The summed E-state index contributed by atoms with van der Waals surface area (Å²) in [5.74, 6) is 0.657. The van der Waals surface area contributed by atoms with E-state index in [1.165, 1.54) is 18.4 Å². The summed E-state index contributed by atoms with van der Waals surface area (Å²) in [4.78, 5) is 10.5. The molecule has 1 aromatic rings. The Morgan fingerprint density at radius 2 is 2.21 bits per heavy atom. The zero-order valence-corrected chi connectivity index (χ0v) is 8.08. The molecule has 1 saturated carbocycles. The first-order valence-electron chi connectivity index (χ1n) is 4.77. The zero-order valence-electron chi connectivity index (χ0n) is 8.08. The van der Waals surface area contributed by atoms with E-state index >= 15 is 0 Å². The maximum atomic E-state index is 10.5. The molecule has 1 aliphatic carbocycles. The normalized spacial score (nSPS) is 15.2. The predicted molar refractivity (Wildman–Crippen MR) is 54.8 cm³/mol. The van der Waals surface area contributed by atoms with Gasteiger partial charge in [-0.15, -0.1) is 0 Å². The molecular formula is C11H13NO2. The highest BCUT2D eigenvalue weighted by molar-refractivity contribution is 5.84. The largest absolute Gasteiger partial charge is 0.465 e. The number of hydrogen-bond donors (Lipinski definition) is 2. The Morgan fingerprint density at radius 3 is 2.79 bits per heavy atom. The van der Waals surface area contributed by atoms with Crippen LogP contribution in [0, 0.1) is 6.92 Å². The van der Waals surface area contributed by atoms with Crippen molar-refractivity contribution in [3.63, 3.8) is 0 Å². The lowest BCUT2D eigenvalue weighted by Crippen LogP contribution is -2.08. The molecule has 0 heterocycles. The summed E-state index contributed by atoms with van der Waals surface area (Å²) in [7, 11) is 0. The minimum atomic E-state index is -0.999. The molecule has 74 valence electrons. The number of anilines is 1. The van der Waals surface area contributed by atoms with Crippen molar-refractivity contribution in [3.8, 4) is 0 Å². The summed E-state index contributed by atoms with van der Waals surface area (Å²) in [6.45, 7) is 1.90. The molecule has 0 radical (unpaired) electrons. The highest BCUT2D eigenvalue weighted by Crippen LogP contribution is 2.41. The van der Waals surface area contributed by atoms with Gasteiger partial charge in [-0.1, -0.05) is 12.1 Å². The number of aryl methyl sites for hydroxylation is 1. The molecule has 1 aromatic carbocycles. The lowest BCUT2D eigenvalue weighted by Gasteiger charge is -2.07. The lowest BCUT2D eigenvalue weighted by molar-refractivity contribution is 0.209. The molecule has 0 aliphatic heterocycles. The Bertz CT molecular complexity index is 370. The number of nitrogens with one attached hydrogen (secondary N) is 1. The van der Waals surface area contributed by atoms with E-state index in [2.05, 4.69) is 11.4 Å². The molecule has 1 aliphatic rings. The molecule has 0 saturated heterocycles. The van der Waals surface area contributed by atoms with Crippen molar-refractivity contribution in [2.75, 3.05) is 5.32 Å². The lowest BCUT2D eigenvalue weighted by atomic mass is 10.1. The third kappa shape index (κ3) is 1.87. The van der Waals surface area contributed by atoms with Gasteiger partial charge >= 0.3 is 6.09 Å². The van der Waals surface area contributed by atoms with Crippen molar-refractivity contribution in [1.29, 1.82) is 0 Å². The predicted octanol–water partition coefficient (Wildman–Crippen LogP) is 2.96. The van der Waals surface area contributed by atoms with Gasteiger partial charge in [0.15, 0.2) is 0 Å². The minimum Gasteiger partial charge on any atom is -0.465 e. The maximum absolute atomic E-state index is 10.5. The summed E-state index contributed by atoms with van der Waals surface area (Å²) in [5, 5.41) is 11.0. The molecule has 0 aromatic heterocycles. The van der Waals surface area contributed by atoms with Crippen molar-refractivity contribution in [2.45, 2.75) is 25.7 Å². The molecule has 0 atom stereocenters. The molecular weight excluding hydrogens is 178 g/mol. The average Bonchev–Trinajstić information content (AvgIpc) is 2.91. The van der Waals surface area contributed by atoms with E-state index in [-0.39, 0.29) is 0 Å². The van der Waals surface area contributed by atoms with E-state index in [4.69, 9.17) is 5.11 Å². The fraction of sp³-hybridized carbons (Fsp3) is 0.364. The van der Waals surface area contributed by atoms with Gasteiger partial charge in [0.1, 0.15) is 0 Å². The third-order valence-corrected chi connectivity index (χ3v) is 2.55. The van der Waals surface area contributed by atoms with Gasteiger partial charge in [0.2, 0.25) is 0 Å². The second kappa shape index (κ2) is 3.33. The summed E-state index contributed by atoms with van der Waals surface area (Å²) in [5.41, 5.74) is 2.93. The Kier molecular flexibility index (Phi) is 2.15. The molecule has 0 spiro atoms. The first-order valence-corrected chi connectivity index (χ1v) is 4.77. The number of hydrogen-bond acceptors (Lipinski definition) is 1. The van der Waals surface area contributed by atoms with Crippen molar-refractivity contribution in [3.05, 3.63) is 29.3 Å². The highest BCUT2D eigenvalue weighted by Gasteiger charge is 2.23. The van der Waals surface area contributed by atoms with Gasteiger partial charge in [-0.05, 0) is 42.9 Å². The van der Waals surface area contributed by atoms with Crippen LogP contribution in [-0.2, 0) is 0 Å². The summed E-state index contributed by atoms with van der Waals surface area (Å²) < 4.78 is 0. The van der Waals surface area contributed by atoms with Gasteiger partial charge in [-0.25, -0.2) is 4.79 Å². The number of carbonyl (C=O) groups is 1. The second-order valence-electron chi connectivity index (χ2n) is 3.78. The number of benzene rings is 1. The minimum absolute atomic E-state index is 0.657. The van der Waals surface area contributed by atoms with Crippen molar-refractivity contribution < 1.29 is 9.90 Å². The molecule has 1 amide bonds. The summed E-state index contributed by atoms with van der Waals surface area (Å²) in [6, 6.07) is 6.00. The first-order chi connectivity index (χ1) is 6.66. The van der Waals surface area contributed by atoms with Crippen LogP contribution in [0.5, 0.6) is 0 Å². The van der Waals surface area contributed by atoms with Gasteiger partial charge in [0.25, 0.3) is 0 Å². The zero-order chi connectivity index (χ0) is 10.1. The molecule has 3 nitrogen and oxygen atoms in total. The van der Waals surface area contributed by atoms with Crippen LogP contribution in [0.15, 0.2) is 18.2 Å². The Balaban J connectivity index is 2.26. The summed E-state index contributed by atoms with van der Waals surface area (Å²) >= 11 is 0. The van der Waals surface area contributed by atoms with Crippen LogP contribution < -0.4 is 5.32 Å². The molecule has 0 unspecified atom stereocenters. The standard InChI is InChI=1S/C11H13NO2/c1-7-2-3-9(8-4-5-8)6-10(7)12-11(13)14/h2-3,6,8,12H,4-5H2,1H3,(H,13,14). The quantitative estimate of drug-likeness (QED) is 0.755. The number of carboxylic acid groups (broad SMARTS) is 1. The Labute approximate surface area is 82.8 Å². The van der Waals surface area contributed by atoms with E-state index in [1.54, 1.807) is 0 Å². The van der Waals surface area contributed by atoms with Crippen molar-refractivity contribution in [2.24, 2.45) is 0 Å². The third-order valence-electron chi connectivity index (χ3n) is 2.55. The molecule has 0 bridgehead atoms. The highest BCUT2D eigenvalue weighted by atomic mass is 16.4. The van der Waals surface area contributed by atoms with Gasteiger partial charge in [0.05, 0.1) is 0 Å². The Hall–Kier alpha value is -1.51. The van der Waals surface area contributed by atoms with Crippen LogP contribution in [0.25, 0.3) is 0 Å². The number of rotatable bonds is 2. The molecule has 2 rings (SSSR count). The average molecular weight is 191 g/mol. The van der Waals surface area contributed by atoms with E-state index in [9.17, 15) is 4.79 Å². The fourth-order valence-corrected chi connectivity index (χ4v) is 1.56. The van der Waals surface area contributed by atoms with Crippen LogP contribution in [0.1, 0.15) is 29.9 Å². The molecule has 1 fully saturated rings. The van der Waals surface area contributed by atoms with Crippen LogP contribution in [0.3, 0.4) is 0 Å². The SMILES string of the molecule is Cc1ccc(C2CC2)cc1NC(=O)O. The van der Waals surface area contributed by atoms with Crippen LogP contribution in [0.4, 0.5) is 10.5 Å². The van der Waals surface area contributed by atoms with Gasteiger partial charge in [0, 0.05) is 5.69 Å². The van der Waals surface area contributed by atoms with Crippen LogP contribution >= 0.6 is 0 Å².